The molecule has 0 aliphatic rings. The molecule has 2 rings (SSSR count). The molecular weight excluding hydrogens is 345 g/mol. The molecule has 0 heterocycles. The van der Waals surface area contributed by atoms with Crippen molar-refractivity contribution in [2.45, 2.75) is 6.36 Å². The van der Waals surface area contributed by atoms with Gasteiger partial charge in [0.05, 0.1) is 0 Å². The summed E-state index contributed by atoms with van der Waals surface area (Å²) in [5.74, 6) is -0.335. The Bertz CT molecular complexity index is 942. The topological polar surface area (TPSA) is 92.6 Å². The molecule has 0 spiro atoms. The molecule has 128 valence electrons. The van der Waals surface area contributed by atoms with Crippen molar-refractivity contribution in [2.75, 3.05) is 5.32 Å². The van der Waals surface area contributed by atoms with Crippen LogP contribution >= 0.6 is 0 Å². The van der Waals surface area contributed by atoms with Gasteiger partial charge in [0.2, 0.25) is 0 Å². The van der Waals surface area contributed by atoms with Crippen LogP contribution in [0.5, 0.6) is 5.75 Å². The Morgan fingerprint density at radius 3 is 2.08 bits per heavy atom. The fraction of sp³-hybridized carbons (Fsp3) is 0.0556. The third kappa shape index (κ3) is 4.77. The third-order valence-electron chi connectivity index (χ3n) is 3.14. The maximum Gasteiger partial charge on any atom is 0.573 e. The normalized spacial score (nSPS) is 10.0. The van der Waals surface area contributed by atoms with E-state index in [1.807, 2.05) is 0 Å². The highest BCUT2D eigenvalue weighted by Crippen LogP contribution is 2.28. The number of nitrogens with one attached hydrogen (secondary N) is 1. The summed E-state index contributed by atoms with van der Waals surface area (Å²) in [6.07, 6.45) is -4.76. The minimum absolute atomic E-state index is 0.193. The molecule has 0 unspecified atom stereocenters. The molecule has 0 saturated heterocycles. The quantitative estimate of drug-likeness (QED) is 0.817. The molecule has 1 N–H and O–H groups in total. The first-order chi connectivity index (χ1) is 12.4. The Kier molecular flexibility index (Phi) is 5.47. The summed E-state index contributed by atoms with van der Waals surface area (Å²) < 4.78 is 40.4. The van der Waals surface area contributed by atoms with Crippen molar-refractivity contribution in [3.63, 3.8) is 0 Å². The summed E-state index contributed by atoms with van der Waals surface area (Å²) in [6, 6.07) is 16.9. The van der Waals surface area contributed by atoms with Crippen molar-refractivity contribution in [1.82, 2.24) is 0 Å². The number of anilines is 1. The van der Waals surface area contributed by atoms with E-state index in [1.165, 1.54) is 24.3 Å². The van der Waals surface area contributed by atoms with Crippen molar-refractivity contribution < 1.29 is 17.9 Å². The molecular formula is C18H9F3N4O. The van der Waals surface area contributed by atoms with Crippen molar-refractivity contribution in [3.05, 3.63) is 59.8 Å². The van der Waals surface area contributed by atoms with Crippen LogP contribution in [-0.4, -0.2) is 6.36 Å². The Labute approximate surface area is 146 Å². The van der Waals surface area contributed by atoms with Gasteiger partial charge in [0.15, 0.2) is 5.57 Å². The molecule has 0 aliphatic carbocycles. The van der Waals surface area contributed by atoms with Gasteiger partial charge in [-0.2, -0.15) is 15.8 Å². The van der Waals surface area contributed by atoms with Gasteiger partial charge in [0, 0.05) is 5.69 Å². The Balaban J connectivity index is 2.28. The Morgan fingerprint density at radius 2 is 1.54 bits per heavy atom. The van der Waals surface area contributed by atoms with Gasteiger partial charge in [-0.15, -0.1) is 13.2 Å². The molecule has 0 radical (unpaired) electrons. The zero-order valence-corrected chi connectivity index (χ0v) is 13.0. The van der Waals surface area contributed by atoms with Crippen LogP contribution in [0.25, 0.3) is 11.1 Å². The smallest absolute Gasteiger partial charge is 0.406 e. The molecule has 5 nitrogen and oxygen atoms in total. The van der Waals surface area contributed by atoms with Gasteiger partial charge in [-0.1, -0.05) is 24.3 Å². The predicted molar refractivity (Wildman–Crippen MR) is 86.0 cm³/mol. The minimum atomic E-state index is -4.76. The number of benzene rings is 2. The van der Waals surface area contributed by atoms with E-state index in [0.29, 0.717) is 16.8 Å². The van der Waals surface area contributed by atoms with Crippen molar-refractivity contribution in [3.8, 4) is 35.1 Å². The first kappa shape index (κ1) is 18.4. The largest absolute Gasteiger partial charge is 0.573 e. The number of hydrogen-bond donors (Lipinski definition) is 1. The number of nitrogens with zero attached hydrogens (tertiary/aromatic N) is 3. The van der Waals surface area contributed by atoms with Crippen LogP contribution in [0.2, 0.25) is 0 Å². The van der Waals surface area contributed by atoms with Gasteiger partial charge in [-0.05, 0) is 35.4 Å². The van der Waals surface area contributed by atoms with Gasteiger partial charge in [0.25, 0.3) is 0 Å². The monoisotopic (exact) mass is 354 g/mol. The standard InChI is InChI=1S/C18H9F3N4O/c19-18(20,21)26-16-6-4-12(5-7-16)13-2-1-3-15(8-13)25-17(11-24)14(9-22)10-23/h1-8,25H. The van der Waals surface area contributed by atoms with Crippen LogP contribution in [0.3, 0.4) is 0 Å². The van der Waals surface area contributed by atoms with Crippen LogP contribution in [0, 0.1) is 34.0 Å². The summed E-state index contributed by atoms with van der Waals surface area (Å²) in [4.78, 5) is 0. The SMILES string of the molecule is N#CC(C#N)=C(C#N)Nc1cccc(-c2ccc(OC(F)(F)F)cc2)c1. The number of nitriles is 3. The third-order valence-corrected chi connectivity index (χ3v) is 3.14. The van der Waals surface area contributed by atoms with Crippen LogP contribution < -0.4 is 10.1 Å². The zero-order valence-electron chi connectivity index (χ0n) is 13.0. The van der Waals surface area contributed by atoms with Gasteiger partial charge < -0.3 is 10.1 Å². The van der Waals surface area contributed by atoms with Gasteiger partial charge >= 0.3 is 6.36 Å². The number of rotatable bonds is 4. The molecule has 2 aromatic rings. The molecule has 2 aromatic carbocycles. The number of hydrogen-bond acceptors (Lipinski definition) is 5. The van der Waals surface area contributed by atoms with Gasteiger partial charge in [-0.3, -0.25) is 0 Å². The molecule has 0 amide bonds. The number of allylic oxidation sites excluding steroid dienone is 2. The highest BCUT2D eigenvalue weighted by Gasteiger charge is 2.30. The predicted octanol–water partition coefficient (Wildman–Crippen LogP) is 4.49. The lowest BCUT2D eigenvalue weighted by atomic mass is 10.0. The molecule has 0 atom stereocenters. The molecule has 8 heteroatoms. The lowest BCUT2D eigenvalue weighted by Crippen LogP contribution is -2.16. The molecule has 0 aliphatic heterocycles. The van der Waals surface area contributed by atoms with E-state index >= 15 is 0 Å². The lowest BCUT2D eigenvalue weighted by Gasteiger charge is -2.10. The van der Waals surface area contributed by atoms with Crippen molar-refractivity contribution in [1.29, 1.82) is 15.8 Å². The van der Waals surface area contributed by atoms with Crippen molar-refractivity contribution >= 4 is 5.69 Å². The highest BCUT2D eigenvalue weighted by molar-refractivity contribution is 5.70. The van der Waals surface area contributed by atoms with E-state index in [9.17, 15) is 13.2 Å². The zero-order chi connectivity index (χ0) is 19.2. The van der Waals surface area contributed by atoms with Crippen LogP contribution in [0.4, 0.5) is 18.9 Å². The van der Waals surface area contributed by atoms with E-state index < -0.39 is 6.36 Å². The van der Waals surface area contributed by atoms with E-state index in [0.717, 1.165) is 0 Å². The summed E-state index contributed by atoms with van der Waals surface area (Å²) in [6.45, 7) is 0. The average molecular weight is 354 g/mol. The summed E-state index contributed by atoms with van der Waals surface area (Å²) in [5.41, 5.74) is 1.16. The molecule has 0 aromatic heterocycles. The highest BCUT2D eigenvalue weighted by atomic mass is 19.4. The maximum absolute atomic E-state index is 12.2. The van der Waals surface area contributed by atoms with Gasteiger partial charge in [0.1, 0.15) is 29.7 Å². The van der Waals surface area contributed by atoms with E-state index in [4.69, 9.17) is 15.8 Å². The molecule has 0 fully saturated rings. The van der Waals surface area contributed by atoms with Crippen molar-refractivity contribution in [2.24, 2.45) is 0 Å². The number of halogens is 3. The second-order valence-corrected chi connectivity index (χ2v) is 4.86. The first-order valence-corrected chi connectivity index (χ1v) is 7.04. The minimum Gasteiger partial charge on any atom is -0.406 e. The summed E-state index contributed by atoms with van der Waals surface area (Å²) >= 11 is 0. The fourth-order valence-electron chi connectivity index (χ4n) is 2.05. The summed E-state index contributed by atoms with van der Waals surface area (Å²) in [5, 5.41) is 29.4. The molecule has 0 bridgehead atoms. The lowest BCUT2D eigenvalue weighted by molar-refractivity contribution is -0.274. The van der Waals surface area contributed by atoms with E-state index in [1.54, 1.807) is 42.5 Å². The van der Waals surface area contributed by atoms with E-state index in [2.05, 4.69) is 10.1 Å². The Hall–Kier alpha value is -3.96. The Morgan fingerprint density at radius 1 is 0.885 bits per heavy atom. The number of ether oxygens (including phenoxy) is 1. The molecule has 26 heavy (non-hydrogen) atoms. The molecule has 0 saturated carbocycles. The number of alkyl halides is 3. The second kappa shape index (κ2) is 7.74. The van der Waals surface area contributed by atoms with Crippen LogP contribution in [0.15, 0.2) is 59.8 Å². The summed E-state index contributed by atoms with van der Waals surface area (Å²) in [7, 11) is 0. The van der Waals surface area contributed by atoms with Crippen LogP contribution in [0.1, 0.15) is 0 Å². The van der Waals surface area contributed by atoms with E-state index in [-0.39, 0.29) is 17.0 Å². The fourth-order valence-corrected chi connectivity index (χ4v) is 2.05. The second-order valence-electron chi connectivity index (χ2n) is 4.86. The van der Waals surface area contributed by atoms with Gasteiger partial charge in [-0.25, -0.2) is 0 Å². The first-order valence-electron chi connectivity index (χ1n) is 7.04. The maximum atomic E-state index is 12.2. The average Bonchev–Trinajstić information content (AvgIpc) is 2.61. The van der Waals surface area contributed by atoms with Crippen LogP contribution in [-0.2, 0) is 0 Å².